The summed E-state index contributed by atoms with van der Waals surface area (Å²) in [5.74, 6) is 0. The van der Waals surface area contributed by atoms with Gasteiger partial charge in [0.1, 0.15) is 0 Å². The summed E-state index contributed by atoms with van der Waals surface area (Å²) in [7, 11) is 2.44. The van der Waals surface area contributed by atoms with Crippen LogP contribution in [0.4, 0.5) is 13.2 Å². The summed E-state index contributed by atoms with van der Waals surface area (Å²) in [5.41, 5.74) is -0.585. The van der Waals surface area contributed by atoms with Crippen molar-refractivity contribution in [2.75, 3.05) is 0 Å². The van der Waals surface area contributed by atoms with Crippen molar-refractivity contribution in [3.63, 3.8) is 0 Å². The van der Waals surface area contributed by atoms with E-state index in [0.717, 1.165) is 21.8 Å². The molecule has 2 rings (SSSR count). The van der Waals surface area contributed by atoms with Gasteiger partial charge in [-0.3, -0.25) is 0 Å². The summed E-state index contributed by atoms with van der Waals surface area (Å²) in [6, 6.07) is 14.9. The van der Waals surface area contributed by atoms with Crippen LogP contribution in [0.3, 0.4) is 0 Å². The fourth-order valence-electron chi connectivity index (χ4n) is 1.34. The third kappa shape index (κ3) is 3.46. The van der Waals surface area contributed by atoms with Gasteiger partial charge < -0.3 is 0 Å². The Hall–Kier alpha value is -1.07. The average molecular weight is 286 g/mol. The van der Waals surface area contributed by atoms with Gasteiger partial charge in [0.15, 0.2) is 0 Å². The van der Waals surface area contributed by atoms with Crippen LogP contribution in [-0.2, 0) is 6.18 Å². The van der Waals surface area contributed by atoms with E-state index in [1.54, 1.807) is 6.07 Å². The molecule has 0 N–H and O–H groups in total. The lowest BCUT2D eigenvalue weighted by Crippen LogP contribution is -2.05. The third-order valence-corrected chi connectivity index (χ3v) is 4.61. The number of benzene rings is 2. The minimum absolute atomic E-state index is 0.235. The lowest BCUT2D eigenvalue weighted by molar-refractivity contribution is -0.139. The quantitative estimate of drug-likeness (QED) is 0.683. The van der Waals surface area contributed by atoms with Gasteiger partial charge in [-0.1, -0.05) is 51.9 Å². The van der Waals surface area contributed by atoms with E-state index in [2.05, 4.69) is 0 Å². The maximum Gasteiger partial charge on any atom is 0.417 e. The van der Waals surface area contributed by atoms with Crippen molar-refractivity contribution in [2.24, 2.45) is 0 Å². The van der Waals surface area contributed by atoms with Crippen LogP contribution in [0.25, 0.3) is 0 Å². The normalized spacial score (nSPS) is 11.5. The molecule has 94 valence electrons. The first kappa shape index (κ1) is 13.4. The van der Waals surface area contributed by atoms with Gasteiger partial charge in [0.25, 0.3) is 0 Å². The molecule has 0 fully saturated rings. The third-order valence-electron chi connectivity index (χ3n) is 2.16. The maximum atomic E-state index is 12.8. The molecule has 0 nitrogen and oxygen atoms in total. The molecule has 0 heterocycles. The summed E-state index contributed by atoms with van der Waals surface area (Å²) in [4.78, 5) is 1.17. The van der Waals surface area contributed by atoms with Crippen LogP contribution in [-0.4, -0.2) is 0 Å². The van der Waals surface area contributed by atoms with Crippen molar-refractivity contribution in [3.8, 4) is 0 Å². The Labute approximate surface area is 111 Å². The fourth-order valence-corrected chi connectivity index (χ4v) is 3.53. The van der Waals surface area contributed by atoms with E-state index in [0.29, 0.717) is 0 Å². The molecule has 0 saturated heterocycles. The summed E-state index contributed by atoms with van der Waals surface area (Å²) >= 11 is 0. The summed E-state index contributed by atoms with van der Waals surface area (Å²) in [5, 5.41) is 0. The largest absolute Gasteiger partial charge is 0.417 e. The first-order valence-electron chi connectivity index (χ1n) is 5.13. The van der Waals surface area contributed by atoms with Crippen molar-refractivity contribution in [3.05, 3.63) is 60.2 Å². The molecule has 0 aromatic heterocycles. The molecule has 0 amide bonds. The van der Waals surface area contributed by atoms with E-state index in [-0.39, 0.29) is 4.90 Å². The molecule has 0 bridgehead atoms. The van der Waals surface area contributed by atoms with Gasteiger partial charge in [0.2, 0.25) is 0 Å². The number of hydrogen-bond acceptors (Lipinski definition) is 2. The molecule has 0 aliphatic heterocycles. The second-order valence-electron chi connectivity index (χ2n) is 3.47. The molecule has 0 aliphatic rings. The minimum Gasteiger partial charge on any atom is -0.166 e. The number of hydrogen-bond donors (Lipinski definition) is 0. The molecule has 0 spiro atoms. The Balaban J connectivity index is 2.15. The molecule has 5 heteroatoms. The number of rotatable bonds is 3. The van der Waals surface area contributed by atoms with Crippen LogP contribution in [0.1, 0.15) is 5.56 Å². The summed E-state index contributed by atoms with van der Waals surface area (Å²) < 4.78 is 38.3. The number of halogens is 3. The zero-order valence-corrected chi connectivity index (χ0v) is 10.8. The zero-order valence-electron chi connectivity index (χ0n) is 9.15. The van der Waals surface area contributed by atoms with Crippen molar-refractivity contribution in [1.82, 2.24) is 0 Å². The van der Waals surface area contributed by atoms with Crippen molar-refractivity contribution in [1.29, 1.82) is 0 Å². The molecular formula is C13H9F3S2. The highest BCUT2D eigenvalue weighted by atomic mass is 33.1. The molecule has 2 aromatic rings. The Morgan fingerprint density at radius 2 is 1.33 bits per heavy atom. The SMILES string of the molecule is FC(F)(F)c1ccccc1SSc1ccccc1. The van der Waals surface area contributed by atoms with E-state index in [9.17, 15) is 13.2 Å². The first-order chi connectivity index (χ1) is 8.57. The summed E-state index contributed by atoms with van der Waals surface area (Å²) in [6.45, 7) is 0. The highest BCUT2D eigenvalue weighted by molar-refractivity contribution is 8.76. The lowest BCUT2D eigenvalue weighted by Gasteiger charge is -2.11. The van der Waals surface area contributed by atoms with Crippen molar-refractivity contribution in [2.45, 2.75) is 16.0 Å². The van der Waals surface area contributed by atoms with E-state index in [1.165, 1.54) is 22.9 Å². The minimum atomic E-state index is -4.30. The fraction of sp³-hybridized carbons (Fsp3) is 0.0769. The van der Waals surface area contributed by atoms with Crippen molar-refractivity contribution >= 4 is 21.6 Å². The van der Waals surface area contributed by atoms with E-state index in [4.69, 9.17) is 0 Å². The van der Waals surface area contributed by atoms with Crippen LogP contribution in [0.2, 0.25) is 0 Å². The molecule has 0 atom stereocenters. The second-order valence-corrected chi connectivity index (χ2v) is 5.72. The topological polar surface area (TPSA) is 0 Å². The van der Waals surface area contributed by atoms with Crippen molar-refractivity contribution < 1.29 is 13.2 Å². The van der Waals surface area contributed by atoms with E-state index >= 15 is 0 Å². The van der Waals surface area contributed by atoms with Crippen LogP contribution in [0.15, 0.2) is 64.4 Å². The van der Waals surface area contributed by atoms with Gasteiger partial charge in [-0.15, -0.1) is 0 Å². The smallest absolute Gasteiger partial charge is 0.166 e. The van der Waals surface area contributed by atoms with Gasteiger partial charge in [0.05, 0.1) is 5.56 Å². The van der Waals surface area contributed by atoms with Gasteiger partial charge in [-0.05, 0) is 24.3 Å². The molecule has 0 radical (unpaired) electrons. The van der Waals surface area contributed by atoms with Crippen LogP contribution in [0, 0.1) is 0 Å². The average Bonchev–Trinajstić information content (AvgIpc) is 2.37. The zero-order chi connectivity index (χ0) is 13.0. The second kappa shape index (κ2) is 5.71. The van der Waals surface area contributed by atoms with Crippen LogP contribution in [0.5, 0.6) is 0 Å². The Kier molecular flexibility index (Phi) is 4.24. The predicted molar refractivity (Wildman–Crippen MR) is 69.6 cm³/mol. The molecule has 2 aromatic carbocycles. The first-order valence-corrected chi connectivity index (χ1v) is 7.28. The Morgan fingerprint density at radius 1 is 0.722 bits per heavy atom. The number of alkyl halides is 3. The standard InChI is InChI=1S/C13H9F3S2/c14-13(15,16)11-8-4-5-9-12(11)18-17-10-6-2-1-3-7-10/h1-9H. The van der Waals surface area contributed by atoms with Gasteiger partial charge in [-0.2, -0.15) is 13.2 Å². The Morgan fingerprint density at radius 3 is 2.00 bits per heavy atom. The molecule has 0 aliphatic carbocycles. The van der Waals surface area contributed by atoms with Crippen LogP contribution < -0.4 is 0 Å². The maximum absolute atomic E-state index is 12.8. The highest BCUT2D eigenvalue weighted by Crippen LogP contribution is 2.43. The van der Waals surface area contributed by atoms with Gasteiger partial charge >= 0.3 is 6.18 Å². The molecule has 18 heavy (non-hydrogen) atoms. The molecular weight excluding hydrogens is 277 g/mol. The highest BCUT2D eigenvalue weighted by Gasteiger charge is 2.33. The van der Waals surface area contributed by atoms with Gasteiger partial charge in [-0.25, -0.2) is 0 Å². The molecule has 0 unspecified atom stereocenters. The molecule has 0 saturated carbocycles. The lowest BCUT2D eigenvalue weighted by atomic mass is 10.2. The van der Waals surface area contributed by atoms with Crippen LogP contribution >= 0.6 is 21.6 Å². The predicted octanol–water partition coefficient (Wildman–Crippen LogP) is 5.50. The Bertz CT molecular complexity index is 509. The monoisotopic (exact) mass is 286 g/mol. The summed E-state index contributed by atoms with van der Waals surface area (Å²) in [6.07, 6.45) is -4.30. The van der Waals surface area contributed by atoms with E-state index < -0.39 is 11.7 Å². The van der Waals surface area contributed by atoms with Gasteiger partial charge in [0, 0.05) is 9.79 Å². The van der Waals surface area contributed by atoms with E-state index in [1.807, 2.05) is 30.3 Å².